The first-order valence-corrected chi connectivity index (χ1v) is 7.83. The van der Waals surface area contributed by atoms with Crippen LogP contribution in [0, 0.1) is 0 Å². The second-order valence-corrected chi connectivity index (χ2v) is 5.86. The summed E-state index contributed by atoms with van der Waals surface area (Å²) in [5, 5.41) is 0. The van der Waals surface area contributed by atoms with Gasteiger partial charge >= 0.3 is 6.18 Å². The highest BCUT2D eigenvalue weighted by Crippen LogP contribution is 2.34. The first-order valence-electron chi connectivity index (χ1n) is 7.43. The van der Waals surface area contributed by atoms with Crippen LogP contribution < -0.4 is 0 Å². The maximum atomic E-state index is 13.2. The first-order chi connectivity index (χ1) is 9.93. The van der Waals surface area contributed by atoms with Gasteiger partial charge in [0.25, 0.3) is 0 Å². The molecule has 0 aromatic heterocycles. The summed E-state index contributed by atoms with van der Waals surface area (Å²) in [6.07, 6.45) is -0.0534. The first kappa shape index (κ1) is 16.3. The van der Waals surface area contributed by atoms with Gasteiger partial charge in [0.2, 0.25) is 0 Å². The Balaban J connectivity index is 2.24. The zero-order valence-electron chi connectivity index (χ0n) is 12.2. The minimum Gasteiger partial charge on any atom is -0.362 e. The van der Waals surface area contributed by atoms with Gasteiger partial charge in [0.05, 0.1) is 5.56 Å². The van der Waals surface area contributed by atoms with E-state index in [-0.39, 0.29) is 0 Å². The van der Waals surface area contributed by atoms with Crippen LogP contribution >= 0.6 is 12.2 Å². The van der Waals surface area contributed by atoms with Crippen molar-refractivity contribution in [3.63, 3.8) is 0 Å². The standard InChI is InChI=1S/C16H20F3NS/c1-2-3-4-6-12-7-8-13(11-14(12)16(17,18)19)15(21)20-9-5-10-20/h7-8,11H,2-6,9-10H2,1H3. The highest BCUT2D eigenvalue weighted by Gasteiger charge is 2.34. The van der Waals surface area contributed by atoms with E-state index in [9.17, 15) is 13.2 Å². The highest BCUT2D eigenvalue weighted by atomic mass is 32.1. The molecule has 1 heterocycles. The third kappa shape index (κ3) is 3.96. The molecule has 21 heavy (non-hydrogen) atoms. The summed E-state index contributed by atoms with van der Waals surface area (Å²) in [7, 11) is 0. The van der Waals surface area contributed by atoms with Crippen LogP contribution in [0.25, 0.3) is 0 Å². The third-order valence-electron chi connectivity index (χ3n) is 3.86. The number of aryl methyl sites for hydroxylation is 1. The van der Waals surface area contributed by atoms with Crippen LogP contribution in [0.1, 0.15) is 49.3 Å². The van der Waals surface area contributed by atoms with E-state index in [2.05, 4.69) is 0 Å². The van der Waals surface area contributed by atoms with Crippen LogP contribution in [0.15, 0.2) is 18.2 Å². The predicted molar refractivity (Wildman–Crippen MR) is 82.6 cm³/mol. The van der Waals surface area contributed by atoms with Crippen LogP contribution in [0.4, 0.5) is 13.2 Å². The second-order valence-electron chi connectivity index (χ2n) is 5.47. The van der Waals surface area contributed by atoms with E-state index in [1.54, 1.807) is 12.1 Å². The number of benzene rings is 1. The Hall–Kier alpha value is -1.10. The fourth-order valence-electron chi connectivity index (χ4n) is 2.46. The normalized spacial score (nSPS) is 15.0. The molecule has 0 unspecified atom stereocenters. The monoisotopic (exact) mass is 315 g/mol. The van der Waals surface area contributed by atoms with E-state index in [0.29, 0.717) is 22.5 Å². The van der Waals surface area contributed by atoms with Crippen LogP contribution in [-0.2, 0) is 12.6 Å². The van der Waals surface area contributed by atoms with Crippen molar-refractivity contribution in [2.75, 3.05) is 13.1 Å². The van der Waals surface area contributed by atoms with Gasteiger partial charge in [0.1, 0.15) is 4.99 Å². The molecule has 1 aromatic carbocycles. The Morgan fingerprint density at radius 3 is 2.48 bits per heavy atom. The molecular formula is C16H20F3NS. The summed E-state index contributed by atoms with van der Waals surface area (Å²) in [6, 6.07) is 4.55. The van der Waals surface area contributed by atoms with Gasteiger partial charge in [-0.1, -0.05) is 44.1 Å². The lowest BCUT2D eigenvalue weighted by Crippen LogP contribution is -2.41. The average Bonchev–Trinajstić information content (AvgIpc) is 2.36. The molecule has 0 atom stereocenters. The number of hydrogen-bond donors (Lipinski definition) is 0. The molecule has 0 radical (unpaired) electrons. The molecule has 1 aliphatic heterocycles. The fourth-order valence-corrected chi connectivity index (χ4v) is 2.77. The molecule has 1 aromatic rings. The van der Waals surface area contributed by atoms with Gasteiger partial charge in [-0.05, 0) is 30.9 Å². The highest BCUT2D eigenvalue weighted by molar-refractivity contribution is 7.80. The van der Waals surface area contributed by atoms with E-state index in [0.717, 1.165) is 38.8 Å². The predicted octanol–water partition coefficient (Wildman–Crippen LogP) is 4.82. The summed E-state index contributed by atoms with van der Waals surface area (Å²) in [6.45, 7) is 3.73. The van der Waals surface area contributed by atoms with Crippen molar-refractivity contribution in [2.45, 2.75) is 45.2 Å². The van der Waals surface area contributed by atoms with Gasteiger partial charge < -0.3 is 4.90 Å². The van der Waals surface area contributed by atoms with E-state index < -0.39 is 11.7 Å². The molecule has 1 fully saturated rings. The Morgan fingerprint density at radius 1 is 1.24 bits per heavy atom. The molecular weight excluding hydrogens is 295 g/mol. The number of halogens is 3. The summed E-state index contributed by atoms with van der Waals surface area (Å²) in [5.41, 5.74) is 0.362. The number of hydrogen-bond acceptors (Lipinski definition) is 1. The number of rotatable bonds is 5. The van der Waals surface area contributed by atoms with Crippen molar-refractivity contribution in [3.8, 4) is 0 Å². The van der Waals surface area contributed by atoms with E-state index in [4.69, 9.17) is 12.2 Å². The number of nitrogens with zero attached hydrogens (tertiary/aromatic N) is 1. The Kier molecular flexibility index (Phi) is 5.25. The molecule has 0 saturated carbocycles. The molecule has 1 aliphatic rings. The van der Waals surface area contributed by atoms with Gasteiger partial charge in [0.15, 0.2) is 0 Å². The van der Waals surface area contributed by atoms with E-state index in [1.807, 2.05) is 11.8 Å². The van der Waals surface area contributed by atoms with Gasteiger partial charge in [-0.2, -0.15) is 13.2 Å². The summed E-state index contributed by atoms with van der Waals surface area (Å²) >= 11 is 5.28. The number of unbranched alkanes of at least 4 members (excludes halogenated alkanes) is 2. The summed E-state index contributed by atoms with van der Waals surface area (Å²) < 4.78 is 39.7. The van der Waals surface area contributed by atoms with Crippen molar-refractivity contribution in [3.05, 3.63) is 34.9 Å². The van der Waals surface area contributed by atoms with Gasteiger partial charge in [-0.15, -0.1) is 0 Å². The largest absolute Gasteiger partial charge is 0.416 e. The lowest BCUT2D eigenvalue weighted by Gasteiger charge is -2.33. The van der Waals surface area contributed by atoms with Crippen molar-refractivity contribution in [1.29, 1.82) is 0 Å². The van der Waals surface area contributed by atoms with Crippen LogP contribution in [0.3, 0.4) is 0 Å². The molecule has 1 saturated heterocycles. The lowest BCUT2D eigenvalue weighted by atomic mass is 9.98. The molecule has 0 bridgehead atoms. The summed E-state index contributed by atoms with van der Waals surface area (Å²) in [4.78, 5) is 2.48. The van der Waals surface area contributed by atoms with Crippen molar-refractivity contribution in [2.24, 2.45) is 0 Å². The molecule has 0 aliphatic carbocycles. The zero-order valence-corrected chi connectivity index (χ0v) is 13.0. The molecule has 0 N–H and O–H groups in total. The number of alkyl halides is 3. The van der Waals surface area contributed by atoms with Crippen LogP contribution in [0.2, 0.25) is 0 Å². The van der Waals surface area contributed by atoms with Crippen molar-refractivity contribution in [1.82, 2.24) is 4.90 Å². The number of likely N-dealkylation sites (tertiary alicyclic amines) is 1. The van der Waals surface area contributed by atoms with Crippen LogP contribution in [0.5, 0.6) is 0 Å². The van der Waals surface area contributed by atoms with Crippen LogP contribution in [-0.4, -0.2) is 23.0 Å². The molecule has 5 heteroatoms. The van der Waals surface area contributed by atoms with Gasteiger partial charge in [0, 0.05) is 18.7 Å². The second kappa shape index (κ2) is 6.77. The minimum absolute atomic E-state index is 0.381. The average molecular weight is 315 g/mol. The molecule has 1 nitrogen and oxygen atoms in total. The lowest BCUT2D eigenvalue weighted by molar-refractivity contribution is -0.138. The SMILES string of the molecule is CCCCCc1ccc(C(=S)N2CCC2)cc1C(F)(F)F. The fraction of sp³-hybridized carbons (Fsp3) is 0.562. The Morgan fingerprint density at radius 2 is 1.95 bits per heavy atom. The van der Waals surface area contributed by atoms with Gasteiger partial charge in [-0.3, -0.25) is 0 Å². The van der Waals surface area contributed by atoms with Crippen molar-refractivity contribution >= 4 is 17.2 Å². The minimum atomic E-state index is -4.32. The molecule has 116 valence electrons. The quantitative estimate of drug-likeness (QED) is 0.566. The maximum absolute atomic E-state index is 13.2. The maximum Gasteiger partial charge on any atom is 0.416 e. The Bertz CT molecular complexity index is 507. The number of thiocarbonyl (C=S) groups is 1. The third-order valence-corrected chi connectivity index (χ3v) is 4.35. The molecule has 0 spiro atoms. The topological polar surface area (TPSA) is 3.24 Å². The van der Waals surface area contributed by atoms with Crippen molar-refractivity contribution < 1.29 is 13.2 Å². The van der Waals surface area contributed by atoms with E-state index in [1.165, 1.54) is 6.07 Å². The van der Waals surface area contributed by atoms with Gasteiger partial charge in [-0.25, -0.2) is 0 Å². The summed E-state index contributed by atoms with van der Waals surface area (Å²) in [5.74, 6) is 0. The van der Waals surface area contributed by atoms with E-state index >= 15 is 0 Å². The zero-order chi connectivity index (χ0) is 15.5. The Labute approximate surface area is 129 Å². The molecule has 2 rings (SSSR count). The molecule has 0 amide bonds. The smallest absolute Gasteiger partial charge is 0.362 e.